The van der Waals surface area contributed by atoms with E-state index in [0.29, 0.717) is 6.42 Å². The predicted molar refractivity (Wildman–Crippen MR) is 117 cm³/mol. The zero-order chi connectivity index (χ0) is 19.4. The molecule has 0 heterocycles. The SMILES string of the molecule is O=S(=O)(O)CCCCCCCCCCP(c1ccccc1)c1ccccc1. The van der Waals surface area contributed by atoms with Gasteiger partial charge in [0.1, 0.15) is 0 Å². The van der Waals surface area contributed by atoms with Crippen LogP contribution in [0.3, 0.4) is 0 Å². The first-order chi connectivity index (χ1) is 13.1. The molecule has 1 N–H and O–H groups in total. The zero-order valence-corrected chi connectivity index (χ0v) is 17.7. The lowest BCUT2D eigenvalue weighted by atomic mass is 10.1. The molecule has 2 aromatic rings. The monoisotopic (exact) mass is 406 g/mol. The van der Waals surface area contributed by atoms with Crippen LogP contribution < -0.4 is 10.6 Å². The molecule has 0 unspecified atom stereocenters. The summed E-state index contributed by atoms with van der Waals surface area (Å²) in [6.45, 7) is 0. The summed E-state index contributed by atoms with van der Waals surface area (Å²) >= 11 is 0. The molecule has 2 aromatic carbocycles. The highest BCUT2D eigenvalue weighted by Crippen LogP contribution is 2.34. The smallest absolute Gasteiger partial charge is 0.264 e. The first kappa shape index (κ1) is 22.1. The molecule has 0 aliphatic heterocycles. The topological polar surface area (TPSA) is 54.4 Å². The van der Waals surface area contributed by atoms with Crippen LogP contribution in [0.5, 0.6) is 0 Å². The van der Waals surface area contributed by atoms with Crippen LogP contribution in [0.4, 0.5) is 0 Å². The van der Waals surface area contributed by atoms with Gasteiger partial charge in [0.2, 0.25) is 0 Å². The molecule has 148 valence electrons. The fourth-order valence-electron chi connectivity index (χ4n) is 3.24. The van der Waals surface area contributed by atoms with E-state index >= 15 is 0 Å². The van der Waals surface area contributed by atoms with Crippen molar-refractivity contribution in [3.63, 3.8) is 0 Å². The Morgan fingerprint density at radius 3 is 1.48 bits per heavy atom. The summed E-state index contributed by atoms with van der Waals surface area (Å²) in [6, 6.07) is 21.7. The second-order valence-corrected chi connectivity index (χ2v) is 10.8. The minimum absolute atomic E-state index is 0.102. The molecule has 0 saturated heterocycles. The molecule has 0 amide bonds. The summed E-state index contributed by atoms with van der Waals surface area (Å²) in [5, 5.41) is 2.91. The molecular formula is C22H31O3PS. The number of rotatable bonds is 13. The third-order valence-corrected chi connectivity index (χ3v) is 8.08. The molecule has 0 aromatic heterocycles. The van der Waals surface area contributed by atoms with Gasteiger partial charge >= 0.3 is 0 Å². The van der Waals surface area contributed by atoms with Crippen molar-refractivity contribution in [1.29, 1.82) is 0 Å². The van der Waals surface area contributed by atoms with Gasteiger partial charge < -0.3 is 0 Å². The average molecular weight is 407 g/mol. The van der Waals surface area contributed by atoms with E-state index in [2.05, 4.69) is 60.7 Å². The second-order valence-electron chi connectivity index (χ2n) is 6.94. The van der Waals surface area contributed by atoms with E-state index in [4.69, 9.17) is 4.55 Å². The molecule has 0 atom stereocenters. The molecule has 2 rings (SSSR count). The number of hydrogen-bond acceptors (Lipinski definition) is 2. The van der Waals surface area contributed by atoms with Crippen LogP contribution in [0.1, 0.15) is 51.4 Å². The largest absolute Gasteiger partial charge is 0.286 e. The van der Waals surface area contributed by atoms with Gasteiger partial charge in [-0.15, -0.1) is 0 Å². The Kier molecular flexibility index (Phi) is 10.0. The summed E-state index contributed by atoms with van der Waals surface area (Å²) < 4.78 is 30.0. The Morgan fingerprint density at radius 1 is 0.630 bits per heavy atom. The van der Waals surface area contributed by atoms with Crippen LogP contribution in [0.25, 0.3) is 0 Å². The molecule has 0 aliphatic rings. The Balaban J connectivity index is 1.65. The van der Waals surface area contributed by atoms with E-state index in [1.165, 1.54) is 42.5 Å². The molecule has 0 fully saturated rings. The van der Waals surface area contributed by atoms with Crippen molar-refractivity contribution < 1.29 is 13.0 Å². The lowest BCUT2D eigenvalue weighted by Gasteiger charge is -2.18. The summed E-state index contributed by atoms with van der Waals surface area (Å²) in [5.41, 5.74) is 0. The van der Waals surface area contributed by atoms with Gasteiger partial charge in [-0.05, 0) is 37.5 Å². The lowest BCUT2D eigenvalue weighted by molar-refractivity contribution is 0.478. The third kappa shape index (κ3) is 9.51. The van der Waals surface area contributed by atoms with Crippen molar-refractivity contribution in [2.45, 2.75) is 51.4 Å². The highest BCUT2D eigenvalue weighted by atomic mass is 32.2. The summed E-state index contributed by atoms with van der Waals surface area (Å²) in [4.78, 5) is 0. The van der Waals surface area contributed by atoms with Crippen LogP contribution in [0, 0.1) is 0 Å². The van der Waals surface area contributed by atoms with E-state index in [1.807, 2.05) is 0 Å². The van der Waals surface area contributed by atoms with Gasteiger partial charge in [0.05, 0.1) is 5.75 Å². The van der Waals surface area contributed by atoms with Gasteiger partial charge in [0.25, 0.3) is 10.1 Å². The maximum Gasteiger partial charge on any atom is 0.264 e. The first-order valence-electron chi connectivity index (χ1n) is 9.89. The quantitative estimate of drug-likeness (QED) is 0.285. The van der Waals surface area contributed by atoms with E-state index in [-0.39, 0.29) is 13.7 Å². The van der Waals surface area contributed by atoms with Gasteiger partial charge in [-0.3, -0.25) is 4.55 Å². The molecule has 0 bridgehead atoms. The zero-order valence-electron chi connectivity index (χ0n) is 16.0. The van der Waals surface area contributed by atoms with Crippen LogP contribution in [-0.2, 0) is 10.1 Å². The number of hydrogen-bond donors (Lipinski definition) is 1. The number of unbranched alkanes of at least 4 members (excludes halogenated alkanes) is 7. The van der Waals surface area contributed by atoms with Crippen molar-refractivity contribution in [3.05, 3.63) is 60.7 Å². The lowest BCUT2D eigenvalue weighted by Crippen LogP contribution is -2.13. The predicted octanol–water partition coefficient (Wildman–Crippen LogP) is 5.13. The van der Waals surface area contributed by atoms with Gasteiger partial charge in [-0.2, -0.15) is 8.42 Å². The minimum Gasteiger partial charge on any atom is -0.286 e. The molecule has 0 saturated carbocycles. The van der Waals surface area contributed by atoms with Crippen molar-refractivity contribution in [2.75, 3.05) is 11.9 Å². The van der Waals surface area contributed by atoms with E-state index in [0.717, 1.165) is 19.3 Å². The Labute approximate surface area is 165 Å². The van der Waals surface area contributed by atoms with Crippen molar-refractivity contribution in [3.8, 4) is 0 Å². The standard InChI is InChI=1S/C22H31O3PS/c23-27(24,25)20-14-6-4-2-1-3-5-13-19-26(21-15-9-7-10-16-21)22-17-11-8-12-18-22/h7-12,15-18H,1-6,13-14,19-20H2,(H,23,24,25). The fraction of sp³-hybridized carbons (Fsp3) is 0.455. The van der Waals surface area contributed by atoms with Crippen molar-refractivity contribution in [2.24, 2.45) is 0 Å². The average Bonchev–Trinajstić information content (AvgIpc) is 2.67. The van der Waals surface area contributed by atoms with Gasteiger partial charge in [-0.1, -0.05) is 99.2 Å². The normalized spacial score (nSPS) is 11.8. The van der Waals surface area contributed by atoms with E-state index < -0.39 is 10.1 Å². The Bertz CT molecular complexity index is 693. The third-order valence-electron chi connectivity index (χ3n) is 4.67. The summed E-state index contributed by atoms with van der Waals surface area (Å²) in [5.74, 6) is -0.102. The van der Waals surface area contributed by atoms with E-state index in [1.54, 1.807) is 0 Å². The minimum atomic E-state index is -3.78. The Morgan fingerprint density at radius 2 is 1.04 bits per heavy atom. The van der Waals surface area contributed by atoms with Crippen molar-refractivity contribution in [1.82, 2.24) is 0 Å². The maximum atomic E-state index is 10.7. The van der Waals surface area contributed by atoms with Gasteiger partial charge in [-0.25, -0.2) is 0 Å². The highest BCUT2D eigenvalue weighted by Gasteiger charge is 2.12. The first-order valence-corrected chi connectivity index (χ1v) is 13.0. The van der Waals surface area contributed by atoms with Gasteiger partial charge in [0, 0.05) is 0 Å². The van der Waals surface area contributed by atoms with Crippen molar-refractivity contribution >= 4 is 28.6 Å². The fourth-order valence-corrected chi connectivity index (χ4v) is 6.23. The Hall–Kier alpha value is -1.22. The molecule has 3 nitrogen and oxygen atoms in total. The second kappa shape index (κ2) is 12.3. The molecule has 27 heavy (non-hydrogen) atoms. The molecular weight excluding hydrogens is 375 g/mol. The summed E-state index contributed by atoms with van der Waals surface area (Å²) in [7, 11) is -4.06. The van der Waals surface area contributed by atoms with Crippen LogP contribution >= 0.6 is 7.92 Å². The van der Waals surface area contributed by atoms with E-state index in [9.17, 15) is 8.42 Å². The maximum absolute atomic E-state index is 10.7. The molecule has 5 heteroatoms. The molecule has 0 radical (unpaired) electrons. The van der Waals surface area contributed by atoms with Crippen LogP contribution in [-0.4, -0.2) is 24.9 Å². The molecule has 0 aliphatic carbocycles. The molecule has 0 spiro atoms. The van der Waals surface area contributed by atoms with Crippen LogP contribution in [0.2, 0.25) is 0 Å². The number of benzene rings is 2. The van der Waals surface area contributed by atoms with Crippen LogP contribution in [0.15, 0.2) is 60.7 Å². The summed E-state index contributed by atoms with van der Waals surface area (Å²) in [6.07, 6.45) is 9.84. The van der Waals surface area contributed by atoms with Gasteiger partial charge in [0.15, 0.2) is 0 Å². The highest BCUT2D eigenvalue weighted by molar-refractivity contribution is 7.85.